The van der Waals surface area contributed by atoms with E-state index < -0.39 is 0 Å². The predicted molar refractivity (Wildman–Crippen MR) is 69.6 cm³/mol. The molecule has 5 heteroatoms. The lowest BCUT2D eigenvalue weighted by Crippen LogP contribution is -2.12. The van der Waals surface area contributed by atoms with Crippen LogP contribution in [0.25, 0.3) is 11.5 Å². The first-order valence-corrected chi connectivity index (χ1v) is 6.18. The van der Waals surface area contributed by atoms with E-state index in [0.29, 0.717) is 11.8 Å². The second-order valence-corrected chi connectivity index (χ2v) is 4.77. The highest BCUT2D eigenvalue weighted by Gasteiger charge is 2.13. The standard InChI is InChI=1S/C12H14BrN3O/c1-7-4-5-9(6-10(7)13)12-16-15-11(17-12)8(2)14-3/h4-6,8,14H,1-3H3. The number of hydrogen-bond acceptors (Lipinski definition) is 4. The first-order chi connectivity index (χ1) is 8.11. The summed E-state index contributed by atoms with van der Waals surface area (Å²) >= 11 is 3.49. The van der Waals surface area contributed by atoms with Crippen molar-refractivity contribution < 1.29 is 4.42 Å². The Morgan fingerprint density at radius 3 is 2.76 bits per heavy atom. The van der Waals surface area contributed by atoms with Crippen LogP contribution in [0.3, 0.4) is 0 Å². The average Bonchev–Trinajstić information content (AvgIpc) is 2.81. The molecule has 0 aliphatic heterocycles. The Kier molecular flexibility index (Phi) is 3.59. The summed E-state index contributed by atoms with van der Waals surface area (Å²) < 4.78 is 6.65. The molecule has 1 N–H and O–H groups in total. The summed E-state index contributed by atoms with van der Waals surface area (Å²) in [4.78, 5) is 0. The fourth-order valence-electron chi connectivity index (χ4n) is 1.38. The van der Waals surface area contributed by atoms with E-state index in [9.17, 15) is 0 Å². The van der Waals surface area contributed by atoms with Crippen molar-refractivity contribution in [2.45, 2.75) is 19.9 Å². The smallest absolute Gasteiger partial charge is 0.247 e. The van der Waals surface area contributed by atoms with Gasteiger partial charge >= 0.3 is 0 Å². The van der Waals surface area contributed by atoms with Crippen molar-refractivity contribution in [2.75, 3.05) is 7.05 Å². The van der Waals surface area contributed by atoms with Crippen molar-refractivity contribution in [1.82, 2.24) is 15.5 Å². The van der Waals surface area contributed by atoms with Crippen molar-refractivity contribution in [3.63, 3.8) is 0 Å². The van der Waals surface area contributed by atoms with Crippen molar-refractivity contribution >= 4 is 15.9 Å². The van der Waals surface area contributed by atoms with Crippen LogP contribution >= 0.6 is 15.9 Å². The van der Waals surface area contributed by atoms with Gasteiger partial charge in [0, 0.05) is 10.0 Å². The minimum Gasteiger partial charge on any atom is -0.419 e. The minimum atomic E-state index is 0.0603. The van der Waals surface area contributed by atoms with Gasteiger partial charge in [0.1, 0.15) is 0 Å². The Bertz CT molecular complexity index is 524. The zero-order valence-corrected chi connectivity index (χ0v) is 11.6. The maximum absolute atomic E-state index is 5.61. The number of aryl methyl sites for hydroxylation is 1. The molecule has 2 rings (SSSR count). The van der Waals surface area contributed by atoms with Crippen LogP contribution in [0.1, 0.15) is 24.4 Å². The van der Waals surface area contributed by atoms with Crippen LogP contribution in [0.5, 0.6) is 0 Å². The molecule has 0 saturated carbocycles. The first kappa shape index (κ1) is 12.3. The molecule has 0 aliphatic rings. The van der Waals surface area contributed by atoms with Gasteiger partial charge in [-0.3, -0.25) is 0 Å². The second-order valence-electron chi connectivity index (χ2n) is 3.92. The number of benzene rings is 1. The van der Waals surface area contributed by atoms with E-state index in [1.165, 1.54) is 5.56 Å². The number of nitrogens with zero attached hydrogens (tertiary/aromatic N) is 2. The van der Waals surface area contributed by atoms with E-state index in [4.69, 9.17) is 4.42 Å². The summed E-state index contributed by atoms with van der Waals surface area (Å²) in [6.45, 7) is 4.01. The van der Waals surface area contributed by atoms with Crippen molar-refractivity contribution in [3.8, 4) is 11.5 Å². The molecule has 1 aromatic carbocycles. The molecule has 1 heterocycles. The maximum atomic E-state index is 5.61. The van der Waals surface area contributed by atoms with Gasteiger partial charge in [-0.1, -0.05) is 22.0 Å². The molecule has 0 saturated heterocycles. The van der Waals surface area contributed by atoms with Crippen LogP contribution in [0.4, 0.5) is 0 Å². The SMILES string of the molecule is CNC(C)c1nnc(-c2ccc(C)c(Br)c2)o1. The number of hydrogen-bond donors (Lipinski definition) is 1. The molecule has 0 radical (unpaired) electrons. The predicted octanol–water partition coefficient (Wildman–Crippen LogP) is 3.09. The molecule has 2 aromatic rings. The third-order valence-electron chi connectivity index (χ3n) is 2.66. The van der Waals surface area contributed by atoms with Crippen LogP contribution in [0.2, 0.25) is 0 Å². The quantitative estimate of drug-likeness (QED) is 0.945. The second kappa shape index (κ2) is 4.98. The van der Waals surface area contributed by atoms with E-state index in [2.05, 4.69) is 31.4 Å². The molecular weight excluding hydrogens is 282 g/mol. The molecule has 1 aromatic heterocycles. The molecule has 0 bridgehead atoms. The molecule has 0 spiro atoms. The van der Waals surface area contributed by atoms with Crippen LogP contribution < -0.4 is 5.32 Å². The van der Waals surface area contributed by atoms with Gasteiger partial charge in [0.2, 0.25) is 11.8 Å². The Hall–Kier alpha value is -1.20. The average molecular weight is 296 g/mol. The normalized spacial score (nSPS) is 12.7. The molecule has 90 valence electrons. The number of rotatable bonds is 3. The van der Waals surface area contributed by atoms with Gasteiger partial charge in [-0.2, -0.15) is 0 Å². The summed E-state index contributed by atoms with van der Waals surface area (Å²) in [5.74, 6) is 1.14. The zero-order chi connectivity index (χ0) is 12.4. The fourth-order valence-corrected chi connectivity index (χ4v) is 1.75. The van der Waals surface area contributed by atoms with Crippen molar-refractivity contribution in [3.05, 3.63) is 34.1 Å². The van der Waals surface area contributed by atoms with Gasteiger partial charge < -0.3 is 9.73 Å². The van der Waals surface area contributed by atoms with E-state index in [0.717, 1.165) is 10.0 Å². The van der Waals surface area contributed by atoms with Gasteiger partial charge in [-0.05, 0) is 38.6 Å². The third-order valence-corrected chi connectivity index (χ3v) is 3.52. The summed E-state index contributed by atoms with van der Waals surface area (Å²) in [5, 5.41) is 11.1. The maximum Gasteiger partial charge on any atom is 0.247 e. The van der Waals surface area contributed by atoms with Gasteiger partial charge in [0.15, 0.2) is 0 Å². The zero-order valence-electron chi connectivity index (χ0n) is 9.99. The van der Waals surface area contributed by atoms with Gasteiger partial charge in [0.05, 0.1) is 6.04 Å². The van der Waals surface area contributed by atoms with Crippen LogP contribution in [-0.2, 0) is 0 Å². The first-order valence-electron chi connectivity index (χ1n) is 5.39. The molecule has 1 unspecified atom stereocenters. The fraction of sp³-hybridized carbons (Fsp3) is 0.333. The van der Waals surface area contributed by atoms with E-state index >= 15 is 0 Å². The number of aromatic nitrogens is 2. The van der Waals surface area contributed by atoms with Crippen LogP contribution in [0, 0.1) is 6.92 Å². The Balaban J connectivity index is 2.33. The van der Waals surface area contributed by atoms with Gasteiger partial charge in [0.25, 0.3) is 0 Å². The molecule has 1 atom stereocenters. The molecule has 17 heavy (non-hydrogen) atoms. The summed E-state index contributed by atoms with van der Waals surface area (Å²) in [6.07, 6.45) is 0. The largest absolute Gasteiger partial charge is 0.419 e. The lowest BCUT2D eigenvalue weighted by atomic mass is 10.1. The number of halogens is 1. The number of nitrogens with one attached hydrogen (secondary N) is 1. The van der Waals surface area contributed by atoms with E-state index in [-0.39, 0.29) is 6.04 Å². The minimum absolute atomic E-state index is 0.0603. The van der Waals surface area contributed by atoms with Crippen molar-refractivity contribution in [2.24, 2.45) is 0 Å². The molecule has 0 aliphatic carbocycles. The monoisotopic (exact) mass is 295 g/mol. The van der Waals surface area contributed by atoms with Crippen molar-refractivity contribution in [1.29, 1.82) is 0 Å². The van der Waals surface area contributed by atoms with Gasteiger partial charge in [-0.15, -0.1) is 10.2 Å². The topological polar surface area (TPSA) is 51.0 Å². The summed E-state index contributed by atoms with van der Waals surface area (Å²) in [6, 6.07) is 6.04. The van der Waals surface area contributed by atoms with Gasteiger partial charge in [-0.25, -0.2) is 0 Å². The van der Waals surface area contributed by atoms with E-state index in [1.54, 1.807) is 0 Å². The lowest BCUT2D eigenvalue weighted by Gasteiger charge is -2.03. The highest BCUT2D eigenvalue weighted by Crippen LogP contribution is 2.25. The molecule has 0 amide bonds. The Morgan fingerprint density at radius 1 is 1.35 bits per heavy atom. The third kappa shape index (κ3) is 2.56. The van der Waals surface area contributed by atoms with Crippen LogP contribution in [0.15, 0.2) is 27.1 Å². The highest BCUT2D eigenvalue weighted by atomic mass is 79.9. The lowest BCUT2D eigenvalue weighted by molar-refractivity contribution is 0.441. The highest BCUT2D eigenvalue weighted by molar-refractivity contribution is 9.10. The van der Waals surface area contributed by atoms with Crippen LogP contribution in [-0.4, -0.2) is 17.2 Å². The molecule has 4 nitrogen and oxygen atoms in total. The Morgan fingerprint density at radius 2 is 2.12 bits per heavy atom. The summed E-state index contributed by atoms with van der Waals surface area (Å²) in [7, 11) is 1.86. The Labute approximate surface area is 109 Å². The molecule has 0 fully saturated rings. The summed E-state index contributed by atoms with van der Waals surface area (Å²) in [5.41, 5.74) is 2.10. The molecular formula is C12H14BrN3O. The van der Waals surface area contributed by atoms with E-state index in [1.807, 2.05) is 39.1 Å².